The maximum Gasteiger partial charge on any atom is 0.284 e. The fourth-order valence-corrected chi connectivity index (χ4v) is 2.38. The Balaban J connectivity index is 2.24. The Labute approximate surface area is 136 Å². The van der Waals surface area contributed by atoms with Gasteiger partial charge in [0.1, 0.15) is 11.0 Å². The lowest BCUT2D eigenvalue weighted by atomic mass is 10.1. The van der Waals surface area contributed by atoms with Gasteiger partial charge in [0, 0.05) is 11.1 Å². The molecule has 4 nitrogen and oxygen atoms in total. The summed E-state index contributed by atoms with van der Waals surface area (Å²) in [5, 5.41) is 7.96. The molecule has 0 amide bonds. The zero-order valence-electron chi connectivity index (χ0n) is 11.3. The second-order valence-electron chi connectivity index (χ2n) is 4.46. The maximum absolute atomic E-state index is 12.0. The highest BCUT2D eigenvalue weighted by Crippen LogP contribution is 2.24. The topological polar surface area (TPSA) is 46.9 Å². The number of hydrogen-bond donors (Lipinski definition) is 1. The molecule has 0 aliphatic carbocycles. The number of benzene rings is 1. The quantitative estimate of drug-likeness (QED) is 0.843. The molecule has 6 heteroatoms. The fourth-order valence-electron chi connectivity index (χ4n) is 1.83. The number of terminal acetylenes is 1. The molecule has 108 valence electrons. The Morgan fingerprint density at radius 1 is 1.48 bits per heavy atom. The Kier molecular flexibility index (Phi) is 5.05. The highest BCUT2D eigenvalue weighted by Gasteiger charge is 2.12. The van der Waals surface area contributed by atoms with E-state index in [1.165, 1.54) is 4.68 Å². The van der Waals surface area contributed by atoms with Crippen LogP contribution in [-0.2, 0) is 6.54 Å². The van der Waals surface area contributed by atoms with Gasteiger partial charge in [-0.25, -0.2) is 4.68 Å². The van der Waals surface area contributed by atoms with E-state index in [0.29, 0.717) is 15.2 Å². The van der Waals surface area contributed by atoms with Gasteiger partial charge >= 0.3 is 0 Å². The molecule has 0 saturated carbocycles. The smallest absolute Gasteiger partial charge is 0.284 e. The van der Waals surface area contributed by atoms with Crippen LogP contribution in [0.5, 0.6) is 0 Å². The van der Waals surface area contributed by atoms with E-state index in [1.807, 2.05) is 31.2 Å². The second kappa shape index (κ2) is 6.79. The van der Waals surface area contributed by atoms with Crippen LogP contribution in [0, 0.1) is 12.3 Å². The molecule has 2 aromatic rings. The lowest BCUT2D eigenvalue weighted by Crippen LogP contribution is -2.24. The highest BCUT2D eigenvalue weighted by atomic mass is 79.9. The van der Waals surface area contributed by atoms with Gasteiger partial charge in [0.15, 0.2) is 0 Å². The fraction of sp³-hybridized carbons (Fsp3) is 0.200. The molecule has 0 bridgehead atoms. The molecule has 0 aliphatic rings. The van der Waals surface area contributed by atoms with Crippen molar-refractivity contribution in [2.75, 3.05) is 5.32 Å². The lowest BCUT2D eigenvalue weighted by molar-refractivity contribution is 0.658. The summed E-state index contributed by atoms with van der Waals surface area (Å²) in [4.78, 5) is 12.0. The number of anilines is 1. The van der Waals surface area contributed by atoms with E-state index in [2.05, 4.69) is 32.3 Å². The van der Waals surface area contributed by atoms with E-state index in [0.717, 1.165) is 5.56 Å². The first-order chi connectivity index (χ1) is 10.0. The molecule has 1 aromatic heterocycles. The van der Waals surface area contributed by atoms with Gasteiger partial charge in [-0.05, 0) is 40.5 Å². The Morgan fingerprint density at radius 3 is 2.76 bits per heavy atom. The third kappa shape index (κ3) is 3.66. The zero-order valence-corrected chi connectivity index (χ0v) is 13.6. The van der Waals surface area contributed by atoms with Crippen LogP contribution in [0.3, 0.4) is 0 Å². The minimum Gasteiger partial charge on any atom is -0.376 e. The van der Waals surface area contributed by atoms with Gasteiger partial charge in [0.2, 0.25) is 0 Å². The van der Waals surface area contributed by atoms with Crippen molar-refractivity contribution in [3.63, 3.8) is 0 Å². The van der Waals surface area contributed by atoms with Crippen LogP contribution in [0.25, 0.3) is 0 Å². The van der Waals surface area contributed by atoms with E-state index in [9.17, 15) is 4.79 Å². The summed E-state index contributed by atoms with van der Waals surface area (Å²) in [5.74, 6) is 2.39. The average molecular weight is 367 g/mol. The second-order valence-corrected chi connectivity index (χ2v) is 5.69. The van der Waals surface area contributed by atoms with E-state index in [4.69, 9.17) is 18.0 Å². The summed E-state index contributed by atoms with van der Waals surface area (Å²) in [6.07, 6.45) is 6.77. The predicted octanol–water partition coefficient (Wildman–Crippen LogP) is 3.47. The minimum absolute atomic E-state index is 0.00301. The number of hydrogen-bond acceptors (Lipinski definition) is 3. The van der Waals surface area contributed by atoms with Crippen LogP contribution in [0.15, 0.2) is 39.7 Å². The number of nitrogens with zero attached hydrogens (tertiary/aromatic N) is 2. The van der Waals surface area contributed by atoms with Gasteiger partial charge in [-0.15, -0.1) is 6.42 Å². The molecule has 0 aliphatic heterocycles. The first-order valence-corrected chi connectivity index (χ1v) is 7.41. The summed E-state index contributed by atoms with van der Waals surface area (Å²) < 4.78 is 1.64. The molecule has 0 radical (unpaired) electrons. The summed E-state index contributed by atoms with van der Waals surface area (Å²) in [6, 6.07) is 7.52. The summed E-state index contributed by atoms with van der Waals surface area (Å²) in [5.41, 5.74) is 1.41. The normalized spacial score (nSPS) is 11.7. The number of rotatable bonds is 4. The van der Waals surface area contributed by atoms with Gasteiger partial charge < -0.3 is 5.32 Å². The van der Waals surface area contributed by atoms with Gasteiger partial charge in [-0.3, -0.25) is 4.79 Å². The molecular weight excluding hydrogens is 354 g/mol. The number of nitrogens with one attached hydrogen (secondary N) is 1. The largest absolute Gasteiger partial charge is 0.376 e. The summed E-state index contributed by atoms with van der Waals surface area (Å²) >= 11 is 9.16. The standard InChI is InChI=1S/C15H13BrClN3O/c1-3-8-20-15(21)14(16)13(9-18-20)19-10(2)11-4-6-12(17)7-5-11/h1,4-7,9-10,19H,8H2,2H3. The third-order valence-corrected chi connectivity index (χ3v) is 3.99. The van der Waals surface area contributed by atoms with Gasteiger partial charge in [0.05, 0.1) is 11.9 Å². The van der Waals surface area contributed by atoms with Crippen LogP contribution < -0.4 is 10.9 Å². The van der Waals surface area contributed by atoms with E-state index in [-0.39, 0.29) is 18.1 Å². The van der Waals surface area contributed by atoms with Crippen LogP contribution in [-0.4, -0.2) is 9.78 Å². The van der Waals surface area contributed by atoms with Crippen LogP contribution in [0.4, 0.5) is 5.69 Å². The lowest BCUT2D eigenvalue weighted by Gasteiger charge is -2.16. The summed E-state index contributed by atoms with van der Waals surface area (Å²) in [6.45, 7) is 2.13. The van der Waals surface area contributed by atoms with E-state index >= 15 is 0 Å². The molecule has 1 aromatic carbocycles. The Morgan fingerprint density at radius 2 is 2.14 bits per heavy atom. The van der Waals surface area contributed by atoms with Crippen molar-refractivity contribution < 1.29 is 0 Å². The van der Waals surface area contributed by atoms with E-state index < -0.39 is 0 Å². The SMILES string of the molecule is C#CCn1ncc(NC(C)c2ccc(Cl)cc2)c(Br)c1=O. The Hall–Kier alpha value is -1.77. The number of halogens is 2. The Bertz CT molecular complexity index is 734. The molecule has 1 atom stereocenters. The van der Waals surface area contributed by atoms with Gasteiger partial charge in [-0.2, -0.15) is 5.10 Å². The van der Waals surface area contributed by atoms with Crippen molar-refractivity contribution in [3.8, 4) is 12.3 Å². The third-order valence-electron chi connectivity index (χ3n) is 2.97. The molecule has 0 fully saturated rings. The molecule has 1 unspecified atom stereocenters. The highest BCUT2D eigenvalue weighted by molar-refractivity contribution is 9.10. The number of aromatic nitrogens is 2. The molecule has 0 spiro atoms. The van der Waals surface area contributed by atoms with Crippen molar-refractivity contribution in [2.45, 2.75) is 19.5 Å². The van der Waals surface area contributed by atoms with Crippen molar-refractivity contribution >= 4 is 33.2 Å². The molecule has 0 saturated heterocycles. The van der Waals surface area contributed by atoms with Crippen LogP contribution >= 0.6 is 27.5 Å². The van der Waals surface area contributed by atoms with Gasteiger partial charge in [-0.1, -0.05) is 29.7 Å². The zero-order chi connectivity index (χ0) is 15.4. The predicted molar refractivity (Wildman–Crippen MR) is 88.5 cm³/mol. The molecule has 2 rings (SSSR count). The minimum atomic E-state index is -0.263. The molecule has 21 heavy (non-hydrogen) atoms. The maximum atomic E-state index is 12.0. The van der Waals surface area contributed by atoms with Crippen molar-refractivity contribution in [2.24, 2.45) is 0 Å². The van der Waals surface area contributed by atoms with Gasteiger partial charge in [0.25, 0.3) is 5.56 Å². The van der Waals surface area contributed by atoms with Crippen molar-refractivity contribution in [1.29, 1.82) is 0 Å². The van der Waals surface area contributed by atoms with Crippen molar-refractivity contribution in [1.82, 2.24) is 9.78 Å². The molecular formula is C15H13BrClN3O. The average Bonchev–Trinajstić information content (AvgIpc) is 2.47. The molecule has 1 heterocycles. The molecule has 1 N–H and O–H groups in total. The van der Waals surface area contributed by atoms with Crippen LogP contribution in [0.2, 0.25) is 5.02 Å². The summed E-state index contributed by atoms with van der Waals surface area (Å²) in [7, 11) is 0. The monoisotopic (exact) mass is 365 g/mol. The van der Waals surface area contributed by atoms with E-state index in [1.54, 1.807) is 6.20 Å². The van der Waals surface area contributed by atoms with Crippen LogP contribution in [0.1, 0.15) is 18.5 Å². The first-order valence-electron chi connectivity index (χ1n) is 6.24. The first kappa shape index (κ1) is 15.6. The van der Waals surface area contributed by atoms with Crippen molar-refractivity contribution in [3.05, 3.63) is 55.9 Å².